The van der Waals surface area contributed by atoms with Crippen LogP contribution in [0.2, 0.25) is 0 Å². The Hall–Kier alpha value is -2.04. The maximum absolute atomic E-state index is 12.8. The van der Waals surface area contributed by atoms with Gasteiger partial charge in [-0.1, -0.05) is 25.0 Å². The van der Waals surface area contributed by atoms with Gasteiger partial charge in [0.05, 0.1) is 5.56 Å². The van der Waals surface area contributed by atoms with E-state index in [9.17, 15) is 14.7 Å². The van der Waals surface area contributed by atoms with Gasteiger partial charge in [0, 0.05) is 20.1 Å². The Labute approximate surface area is 143 Å². The third-order valence-electron chi connectivity index (χ3n) is 5.32. The minimum atomic E-state index is -0.400. The monoisotopic (exact) mass is 330 g/mol. The molecule has 1 saturated carbocycles. The Morgan fingerprint density at radius 2 is 1.88 bits per heavy atom. The zero-order valence-corrected chi connectivity index (χ0v) is 14.3. The van der Waals surface area contributed by atoms with E-state index in [0.29, 0.717) is 18.9 Å². The minimum absolute atomic E-state index is 0.0279. The van der Waals surface area contributed by atoms with Gasteiger partial charge in [-0.15, -0.1) is 0 Å². The number of phenolic OH excluding ortho intramolecular Hbond substituents is 1. The molecule has 5 nitrogen and oxygen atoms in total. The van der Waals surface area contributed by atoms with Crippen molar-refractivity contribution >= 4 is 11.8 Å². The zero-order valence-electron chi connectivity index (χ0n) is 14.3. The first-order valence-electron chi connectivity index (χ1n) is 8.92. The average molecular weight is 330 g/mol. The minimum Gasteiger partial charge on any atom is -0.507 e. The summed E-state index contributed by atoms with van der Waals surface area (Å²) in [5.74, 6) is 0.351. The van der Waals surface area contributed by atoms with Gasteiger partial charge >= 0.3 is 0 Å². The molecule has 1 aliphatic heterocycles. The predicted molar refractivity (Wildman–Crippen MR) is 91.8 cm³/mol. The lowest BCUT2D eigenvalue weighted by Crippen LogP contribution is -2.47. The molecular weight excluding hydrogens is 304 g/mol. The molecule has 0 unspecified atom stereocenters. The fourth-order valence-electron chi connectivity index (χ4n) is 4.00. The number of likely N-dealkylation sites (tertiary alicyclic amines) is 1. The van der Waals surface area contributed by atoms with Crippen LogP contribution >= 0.6 is 0 Å². The van der Waals surface area contributed by atoms with E-state index in [2.05, 4.69) is 0 Å². The highest BCUT2D eigenvalue weighted by molar-refractivity contribution is 5.99. The molecule has 2 amide bonds. The van der Waals surface area contributed by atoms with E-state index in [-0.39, 0.29) is 23.1 Å². The van der Waals surface area contributed by atoms with E-state index < -0.39 is 6.04 Å². The van der Waals surface area contributed by atoms with Crippen molar-refractivity contribution in [2.45, 2.75) is 44.6 Å². The number of para-hydroxylation sites is 1. The lowest BCUT2D eigenvalue weighted by atomic mass is 10.1. The Kier molecular flexibility index (Phi) is 5.07. The normalized spacial score (nSPS) is 21.2. The summed E-state index contributed by atoms with van der Waals surface area (Å²) in [5.41, 5.74) is 0.274. The summed E-state index contributed by atoms with van der Waals surface area (Å²) in [5, 5.41) is 9.92. The molecule has 2 aliphatic rings. The smallest absolute Gasteiger partial charge is 0.258 e. The highest BCUT2D eigenvalue weighted by Crippen LogP contribution is 2.28. The number of carbonyl (C=O) groups is 2. The molecule has 0 aromatic heterocycles. The quantitative estimate of drug-likeness (QED) is 0.923. The molecule has 1 N–H and O–H groups in total. The highest BCUT2D eigenvalue weighted by atomic mass is 16.3. The maximum Gasteiger partial charge on any atom is 0.258 e. The van der Waals surface area contributed by atoms with Crippen LogP contribution in [0.5, 0.6) is 5.75 Å². The number of benzene rings is 1. The molecule has 2 fully saturated rings. The summed E-state index contributed by atoms with van der Waals surface area (Å²) in [7, 11) is 1.85. The summed E-state index contributed by atoms with van der Waals surface area (Å²) in [6, 6.07) is 6.13. The van der Waals surface area contributed by atoms with E-state index in [1.54, 1.807) is 28.0 Å². The number of phenols is 1. The maximum atomic E-state index is 12.8. The Morgan fingerprint density at radius 3 is 2.58 bits per heavy atom. The Morgan fingerprint density at radius 1 is 1.17 bits per heavy atom. The number of carbonyl (C=O) groups excluding carboxylic acids is 2. The molecular formula is C19H26N2O3. The lowest BCUT2D eigenvalue weighted by Gasteiger charge is -2.29. The van der Waals surface area contributed by atoms with Crippen molar-refractivity contribution in [2.24, 2.45) is 5.92 Å². The van der Waals surface area contributed by atoms with E-state index in [0.717, 1.165) is 13.0 Å². The van der Waals surface area contributed by atoms with Gasteiger partial charge in [-0.3, -0.25) is 9.59 Å². The van der Waals surface area contributed by atoms with Gasteiger partial charge in [0.1, 0.15) is 11.8 Å². The van der Waals surface area contributed by atoms with Gasteiger partial charge in [-0.2, -0.15) is 0 Å². The summed E-state index contributed by atoms with van der Waals surface area (Å²) in [6.07, 6.45) is 6.44. The van der Waals surface area contributed by atoms with Crippen LogP contribution in [0, 0.1) is 5.92 Å². The van der Waals surface area contributed by atoms with Crippen LogP contribution in [0.1, 0.15) is 48.9 Å². The molecule has 0 radical (unpaired) electrons. The molecule has 0 spiro atoms. The van der Waals surface area contributed by atoms with Gasteiger partial charge in [-0.05, 0) is 43.7 Å². The Bertz CT molecular complexity index is 610. The topological polar surface area (TPSA) is 60.9 Å². The molecule has 1 aromatic carbocycles. The number of aromatic hydroxyl groups is 1. The zero-order chi connectivity index (χ0) is 17.1. The van der Waals surface area contributed by atoms with Crippen molar-refractivity contribution in [3.05, 3.63) is 29.8 Å². The van der Waals surface area contributed by atoms with Crippen molar-refractivity contribution in [3.63, 3.8) is 0 Å². The first kappa shape index (κ1) is 16.8. The van der Waals surface area contributed by atoms with Gasteiger partial charge < -0.3 is 14.9 Å². The molecule has 5 heteroatoms. The number of rotatable bonds is 4. The van der Waals surface area contributed by atoms with Crippen molar-refractivity contribution in [1.82, 2.24) is 9.80 Å². The lowest BCUT2D eigenvalue weighted by molar-refractivity contribution is -0.134. The van der Waals surface area contributed by atoms with E-state index in [1.807, 2.05) is 7.05 Å². The molecule has 1 heterocycles. The van der Waals surface area contributed by atoms with Crippen molar-refractivity contribution in [2.75, 3.05) is 20.1 Å². The SMILES string of the molecule is CN(CC1CCCC1)C(=O)[C@@H]1CCCN1C(=O)c1ccccc1O. The fraction of sp³-hybridized carbons (Fsp3) is 0.579. The van der Waals surface area contributed by atoms with Crippen LogP contribution in [0.3, 0.4) is 0 Å². The highest BCUT2D eigenvalue weighted by Gasteiger charge is 2.37. The van der Waals surface area contributed by atoms with Crippen molar-refractivity contribution in [3.8, 4) is 5.75 Å². The second-order valence-electron chi connectivity index (χ2n) is 7.04. The van der Waals surface area contributed by atoms with Crippen LogP contribution in [-0.2, 0) is 4.79 Å². The van der Waals surface area contributed by atoms with Crippen LogP contribution in [0.4, 0.5) is 0 Å². The summed E-state index contributed by atoms with van der Waals surface area (Å²) >= 11 is 0. The Balaban J connectivity index is 1.69. The number of hydrogen-bond acceptors (Lipinski definition) is 3. The first-order valence-corrected chi connectivity index (χ1v) is 8.92. The van der Waals surface area contributed by atoms with Gasteiger partial charge in [0.25, 0.3) is 5.91 Å². The van der Waals surface area contributed by atoms with Crippen molar-refractivity contribution in [1.29, 1.82) is 0 Å². The van der Waals surface area contributed by atoms with E-state index >= 15 is 0 Å². The molecule has 130 valence electrons. The van der Waals surface area contributed by atoms with E-state index in [1.165, 1.54) is 31.7 Å². The van der Waals surface area contributed by atoms with Crippen molar-refractivity contribution < 1.29 is 14.7 Å². The second kappa shape index (κ2) is 7.24. The number of amides is 2. The summed E-state index contributed by atoms with van der Waals surface area (Å²) < 4.78 is 0. The molecule has 3 rings (SSSR count). The molecule has 24 heavy (non-hydrogen) atoms. The molecule has 1 atom stereocenters. The second-order valence-corrected chi connectivity index (χ2v) is 7.04. The molecule has 0 bridgehead atoms. The number of nitrogens with zero attached hydrogens (tertiary/aromatic N) is 2. The molecule has 1 aromatic rings. The van der Waals surface area contributed by atoms with Gasteiger partial charge in [0.15, 0.2) is 0 Å². The van der Waals surface area contributed by atoms with Crippen LogP contribution in [0.15, 0.2) is 24.3 Å². The van der Waals surface area contributed by atoms with Crippen LogP contribution in [0.25, 0.3) is 0 Å². The van der Waals surface area contributed by atoms with Gasteiger partial charge in [-0.25, -0.2) is 0 Å². The standard InChI is InChI=1S/C19H26N2O3/c1-20(13-14-7-2-3-8-14)19(24)16-10-6-12-21(16)18(23)15-9-4-5-11-17(15)22/h4-5,9,11,14,16,22H,2-3,6-8,10,12-13H2,1H3/t16-/m0/s1. The fourth-order valence-corrected chi connectivity index (χ4v) is 4.00. The van der Waals surface area contributed by atoms with E-state index in [4.69, 9.17) is 0 Å². The average Bonchev–Trinajstić information content (AvgIpc) is 3.25. The van der Waals surface area contributed by atoms with Crippen LogP contribution < -0.4 is 0 Å². The molecule has 1 aliphatic carbocycles. The predicted octanol–water partition coefficient (Wildman–Crippen LogP) is 2.65. The number of likely N-dealkylation sites (N-methyl/N-ethyl adjacent to an activating group) is 1. The summed E-state index contributed by atoms with van der Waals surface area (Å²) in [4.78, 5) is 29.0. The molecule has 1 saturated heterocycles. The number of hydrogen-bond donors (Lipinski definition) is 1. The van der Waals surface area contributed by atoms with Crippen LogP contribution in [-0.4, -0.2) is 52.9 Å². The summed E-state index contributed by atoms with van der Waals surface area (Å²) in [6.45, 7) is 1.36. The van der Waals surface area contributed by atoms with Gasteiger partial charge in [0.2, 0.25) is 5.91 Å². The first-order chi connectivity index (χ1) is 11.6. The third-order valence-corrected chi connectivity index (χ3v) is 5.32. The third kappa shape index (κ3) is 3.40. The largest absolute Gasteiger partial charge is 0.507 e.